The van der Waals surface area contributed by atoms with E-state index in [9.17, 15) is 0 Å². The Labute approximate surface area is 317 Å². The number of rotatable bonds is 5. The smallest absolute Gasteiger partial charge is 0.167 e. The Bertz CT molecular complexity index is 3020. The molecule has 0 amide bonds. The standard InChI is InChI=1S/C48H35N5S/c1-48(2,3)33-25-22-31(23-26-33)45-50-44(30-13-5-4-6-14-30)51-46(52-45)39-19-12-28-49-47(39)53-40-20-9-7-15-35(40)36-27-24-32(29-41(36)53)34-17-11-18-38-37-16-8-10-21-42(37)54-43(34)38/h4-29H,1-3H3. The van der Waals surface area contributed by atoms with Crippen LogP contribution in [0.4, 0.5) is 0 Å². The van der Waals surface area contributed by atoms with Gasteiger partial charge in [-0.15, -0.1) is 11.3 Å². The molecule has 0 radical (unpaired) electrons. The van der Waals surface area contributed by atoms with Crippen LogP contribution in [0.25, 0.3) is 93.1 Å². The molecule has 0 fully saturated rings. The van der Waals surface area contributed by atoms with Crippen molar-refractivity contribution < 1.29 is 0 Å². The van der Waals surface area contributed by atoms with Gasteiger partial charge in [0, 0.05) is 48.3 Å². The van der Waals surface area contributed by atoms with Gasteiger partial charge in [-0.1, -0.05) is 142 Å². The molecule has 5 nitrogen and oxygen atoms in total. The van der Waals surface area contributed by atoms with Gasteiger partial charge in [-0.3, -0.25) is 4.57 Å². The van der Waals surface area contributed by atoms with Crippen LogP contribution < -0.4 is 0 Å². The van der Waals surface area contributed by atoms with Crippen LogP contribution in [0.2, 0.25) is 0 Å². The minimum absolute atomic E-state index is 0.0369. The highest BCUT2D eigenvalue weighted by atomic mass is 32.1. The zero-order valence-corrected chi connectivity index (χ0v) is 31.0. The molecule has 54 heavy (non-hydrogen) atoms. The molecular weight excluding hydrogens is 679 g/mol. The van der Waals surface area contributed by atoms with E-state index in [1.54, 1.807) is 0 Å². The Morgan fingerprint density at radius 2 is 1.11 bits per heavy atom. The van der Waals surface area contributed by atoms with Gasteiger partial charge in [-0.2, -0.15) is 0 Å². The van der Waals surface area contributed by atoms with Crippen LogP contribution in [-0.4, -0.2) is 24.5 Å². The number of nitrogens with zero attached hydrogens (tertiary/aromatic N) is 5. The fraction of sp³-hybridized carbons (Fsp3) is 0.0833. The second-order valence-corrected chi connectivity index (χ2v) is 15.8. The summed E-state index contributed by atoms with van der Waals surface area (Å²) in [6.07, 6.45) is 1.85. The number of aromatic nitrogens is 5. The largest absolute Gasteiger partial charge is 0.293 e. The lowest BCUT2D eigenvalue weighted by molar-refractivity contribution is 0.590. The van der Waals surface area contributed by atoms with Crippen LogP contribution in [0.15, 0.2) is 158 Å². The van der Waals surface area contributed by atoms with Gasteiger partial charge in [-0.25, -0.2) is 19.9 Å². The van der Waals surface area contributed by atoms with E-state index in [2.05, 4.69) is 141 Å². The number of para-hydroxylation sites is 1. The molecule has 0 unspecified atom stereocenters. The molecule has 10 aromatic rings. The van der Waals surface area contributed by atoms with E-state index in [0.29, 0.717) is 17.5 Å². The first kappa shape index (κ1) is 32.2. The summed E-state index contributed by atoms with van der Waals surface area (Å²) in [5.74, 6) is 2.57. The number of pyridine rings is 1. The van der Waals surface area contributed by atoms with Gasteiger partial charge in [0.25, 0.3) is 0 Å². The van der Waals surface area contributed by atoms with Crippen molar-refractivity contribution in [3.63, 3.8) is 0 Å². The molecule has 6 heteroatoms. The molecule has 258 valence electrons. The van der Waals surface area contributed by atoms with Crippen LogP contribution >= 0.6 is 11.3 Å². The third-order valence-corrected chi connectivity index (χ3v) is 11.5. The van der Waals surface area contributed by atoms with E-state index in [0.717, 1.165) is 49.9 Å². The Morgan fingerprint density at radius 3 is 1.91 bits per heavy atom. The highest BCUT2D eigenvalue weighted by Gasteiger charge is 2.21. The second kappa shape index (κ2) is 12.6. The fourth-order valence-corrected chi connectivity index (χ4v) is 8.79. The SMILES string of the molecule is CC(C)(C)c1ccc(-c2nc(-c3ccccc3)nc(-c3cccnc3-n3c4ccccc4c4ccc(-c5cccc6c5sc5ccccc56)cc43)n2)cc1. The maximum Gasteiger partial charge on any atom is 0.167 e. The Balaban J connectivity index is 1.20. The van der Waals surface area contributed by atoms with Gasteiger partial charge in [-0.05, 0) is 52.4 Å². The summed E-state index contributed by atoms with van der Waals surface area (Å²) in [4.78, 5) is 20.4. The predicted molar refractivity (Wildman–Crippen MR) is 225 cm³/mol. The maximum absolute atomic E-state index is 5.17. The van der Waals surface area contributed by atoms with E-state index in [4.69, 9.17) is 19.9 Å². The topological polar surface area (TPSA) is 56.5 Å². The minimum Gasteiger partial charge on any atom is -0.293 e. The quantitative estimate of drug-likeness (QED) is 0.178. The van der Waals surface area contributed by atoms with Gasteiger partial charge in [0.05, 0.1) is 16.6 Å². The molecule has 0 atom stereocenters. The van der Waals surface area contributed by atoms with Crippen molar-refractivity contribution in [1.82, 2.24) is 24.5 Å². The monoisotopic (exact) mass is 713 g/mol. The molecule has 0 bridgehead atoms. The van der Waals surface area contributed by atoms with Crippen molar-refractivity contribution in [2.24, 2.45) is 0 Å². The molecule has 0 saturated heterocycles. The first-order valence-electron chi connectivity index (χ1n) is 18.2. The van der Waals surface area contributed by atoms with Crippen LogP contribution in [0.1, 0.15) is 26.3 Å². The molecule has 10 rings (SSSR count). The lowest BCUT2D eigenvalue weighted by Gasteiger charge is -2.19. The molecule has 0 aliphatic heterocycles. The van der Waals surface area contributed by atoms with Crippen molar-refractivity contribution in [1.29, 1.82) is 0 Å². The molecule has 4 heterocycles. The van der Waals surface area contributed by atoms with Crippen molar-refractivity contribution >= 4 is 53.3 Å². The third kappa shape index (κ3) is 5.37. The van der Waals surface area contributed by atoms with Crippen LogP contribution in [0.5, 0.6) is 0 Å². The average Bonchev–Trinajstić information content (AvgIpc) is 3.76. The third-order valence-electron chi connectivity index (χ3n) is 10.3. The van der Waals surface area contributed by atoms with Crippen molar-refractivity contribution in [2.45, 2.75) is 26.2 Å². The van der Waals surface area contributed by atoms with Crippen LogP contribution in [0, 0.1) is 0 Å². The molecule has 0 aliphatic carbocycles. The zero-order valence-electron chi connectivity index (χ0n) is 30.2. The van der Waals surface area contributed by atoms with Crippen LogP contribution in [-0.2, 0) is 5.41 Å². The van der Waals surface area contributed by atoms with Gasteiger partial charge >= 0.3 is 0 Å². The van der Waals surface area contributed by atoms with Crippen molar-refractivity contribution in [2.75, 3.05) is 0 Å². The second-order valence-electron chi connectivity index (χ2n) is 14.7. The summed E-state index contributed by atoms with van der Waals surface area (Å²) in [7, 11) is 0. The first-order valence-corrected chi connectivity index (χ1v) is 19.0. The number of thiophene rings is 1. The summed E-state index contributed by atoms with van der Waals surface area (Å²) in [6, 6.07) is 53.4. The molecule has 0 spiro atoms. The summed E-state index contributed by atoms with van der Waals surface area (Å²) in [6.45, 7) is 6.67. The highest BCUT2D eigenvalue weighted by Crippen LogP contribution is 2.42. The summed E-state index contributed by atoms with van der Waals surface area (Å²) in [5, 5.41) is 4.91. The molecular formula is C48H35N5S. The van der Waals surface area contributed by atoms with E-state index < -0.39 is 0 Å². The zero-order chi connectivity index (χ0) is 36.4. The van der Waals surface area contributed by atoms with Crippen molar-refractivity contribution in [3.8, 4) is 51.1 Å². The summed E-state index contributed by atoms with van der Waals surface area (Å²) < 4.78 is 4.86. The van der Waals surface area contributed by atoms with Crippen molar-refractivity contribution in [3.05, 3.63) is 163 Å². The summed E-state index contributed by atoms with van der Waals surface area (Å²) >= 11 is 1.85. The van der Waals surface area contributed by atoms with Gasteiger partial charge in [0.15, 0.2) is 17.5 Å². The predicted octanol–water partition coefficient (Wildman–Crippen LogP) is 12.7. The minimum atomic E-state index is 0.0369. The van der Waals surface area contributed by atoms with Crippen LogP contribution in [0.3, 0.4) is 0 Å². The number of hydrogen-bond acceptors (Lipinski definition) is 5. The lowest BCUT2D eigenvalue weighted by Crippen LogP contribution is -2.10. The number of hydrogen-bond donors (Lipinski definition) is 0. The first-order chi connectivity index (χ1) is 26.4. The average molecular weight is 714 g/mol. The van der Waals surface area contributed by atoms with E-state index in [-0.39, 0.29) is 5.41 Å². The van der Waals surface area contributed by atoms with E-state index >= 15 is 0 Å². The molecule has 4 aromatic heterocycles. The maximum atomic E-state index is 5.17. The fourth-order valence-electron chi connectivity index (χ4n) is 7.55. The highest BCUT2D eigenvalue weighted by molar-refractivity contribution is 7.26. The molecule has 6 aromatic carbocycles. The van der Waals surface area contributed by atoms with E-state index in [1.807, 2.05) is 53.9 Å². The normalized spacial score (nSPS) is 12.0. The van der Waals surface area contributed by atoms with Gasteiger partial charge < -0.3 is 0 Å². The van der Waals surface area contributed by atoms with Gasteiger partial charge in [0.2, 0.25) is 0 Å². The Morgan fingerprint density at radius 1 is 0.481 bits per heavy atom. The summed E-state index contributed by atoms with van der Waals surface area (Å²) in [5.41, 5.74) is 8.51. The number of fused-ring (bicyclic) bond motifs is 6. The Hall–Kier alpha value is -6.50. The molecule has 0 N–H and O–H groups in total. The molecule has 0 saturated carbocycles. The Kier molecular flexibility index (Phi) is 7.49. The van der Waals surface area contributed by atoms with Gasteiger partial charge in [0.1, 0.15) is 5.82 Å². The van der Waals surface area contributed by atoms with E-state index in [1.165, 1.54) is 31.3 Å². The number of benzene rings is 6. The lowest BCUT2D eigenvalue weighted by atomic mass is 9.87. The molecule has 0 aliphatic rings.